The fraction of sp³-hybridized carbons (Fsp3) is 0.250. The first kappa shape index (κ1) is 11.9. The summed E-state index contributed by atoms with van der Waals surface area (Å²) in [7, 11) is 0. The minimum atomic E-state index is 0.673. The van der Waals surface area contributed by atoms with Crippen molar-refractivity contribution < 1.29 is 0 Å². The van der Waals surface area contributed by atoms with Crippen LogP contribution in [0.15, 0.2) is 18.2 Å². The number of hydrogen-bond donors (Lipinski definition) is 1. The number of aromatic nitrogens is 1. The van der Waals surface area contributed by atoms with E-state index in [4.69, 9.17) is 17.3 Å². The smallest absolute Gasteiger partial charge is 0.0912 e. The number of nitrogens with two attached hydrogens (primary N) is 1. The highest BCUT2D eigenvalue weighted by Gasteiger charge is 2.07. The second-order valence-corrected chi connectivity index (χ2v) is 5.39. The molecule has 0 bridgehead atoms. The number of halogens is 2. The lowest BCUT2D eigenvalue weighted by molar-refractivity contribution is 0.890. The number of nitrogens with zero attached hydrogens (tertiary/aromatic N) is 1. The Morgan fingerprint density at radius 2 is 2.12 bits per heavy atom. The zero-order valence-corrected chi connectivity index (χ0v) is 11.8. The number of aryl methyl sites for hydroxylation is 1. The van der Waals surface area contributed by atoms with E-state index in [0.29, 0.717) is 5.02 Å². The largest absolute Gasteiger partial charge is 0.398 e. The van der Waals surface area contributed by atoms with Crippen LogP contribution in [0, 0.1) is 3.57 Å². The number of fused-ring (bicyclic) bond motifs is 1. The Labute approximate surface area is 113 Å². The van der Waals surface area contributed by atoms with Gasteiger partial charge in [-0.1, -0.05) is 24.9 Å². The van der Waals surface area contributed by atoms with Crippen LogP contribution in [-0.4, -0.2) is 4.98 Å². The third kappa shape index (κ3) is 2.25. The van der Waals surface area contributed by atoms with Crippen LogP contribution in [0.5, 0.6) is 0 Å². The fourth-order valence-corrected chi connectivity index (χ4v) is 2.79. The van der Waals surface area contributed by atoms with Crippen LogP contribution in [0.2, 0.25) is 5.02 Å². The standard InChI is InChI=1S/C12H12ClIN2/c1-2-3-8-6-11(15)9-4-7(14)5-10(13)12(9)16-8/h4-6H,2-3H2,1H3,(H2,15,16). The summed E-state index contributed by atoms with van der Waals surface area (Å²) >= 11 is 8.41. The lowest BCUT2D eigenvalue weighted by Gasteiger charge is -2.07. The summed E-state index contributed by atoms with van der Waals surface area (Å²) in [6.07, 6.45) is 1.99. The van der Waals surface area contributed by atoms with Gasteiger partial charge in [0, 0.05) is 20.3 Å². The van der Waals surface area contributed by atoms with Crippen molar-refractivity contribution in [2.45, 2.75) is 19.8 Å². The molecule has 2 nitrogen and oxygen atoms in total. The minimum absolute atomic E-state index is 0.673. The molecular formula is C12H12ClIN2. The second kappa shape index (κ2) is 4.75. The van der Waals surface area contributed by atoms with Gasteiger partial charge in [-0.25, -0.2) is 0 Å². The molecule has 2 aromatic rings. The first-order valence-corrected chi connectivity index (χ1v) is 6.61. The van der Waals surface area contributed by atoms with Crippen molar-refractivity contribution in [3.8, 4) is 0 Å². The van der Waals surface area contributed by atoms with Crippen molar-refractivity contribution in [1.82, 2.24) is 4.98 Å². The molecular weight excluding hydrogens is 335 g/mol. The molecule has 0 fully saturated rings. The van der Waals surface area contributed by atoms with Gasteiger partial charge in [0.05, 0.1) is 10.5 Å². The number of hydrogen-bond acceptors (Lipinski definition) is 2. The molecule has 1 aromatic heterocycles. The monoisotopic (exact) mass is 346 g/mol. The summed E-state index contributed by atoms with van der Waals surface area (Å²) in [5.41, 5.74) is 8.60. The van der Waals surface area contributed by atoms with E-state index in [0.717, 1.165) is 38.7 Å². The second-order valence-electron chi connectivity index (χ2n) is 3.74. The molecule has 2 rings (SSSR count). The molecule has 0 unspecified atom stereocenters. The molecule has 0 radical (unpaired) electrons. The molecule has 0 aliphatic carbocycles. The van der Waals surface area contributed by atoms with Gasteiger partial charge in [-0.15, -0.1) is 0 Å². The molecule has 1 heterocycles. The van der Waals surface area contributed by atoms with E-state index in [1.54, 1.807) is 0 Å². The van der Waals surface area contributed by atoms with E-state index in [-0.39, 0.29) is 0 Å². The number of nitrogen functional groups attached to an aromatic ring is 1. The van der Waals surface area contributed by atoms with Crippen LogP contribution >= 0.6 is 34.2 Å². The van der Waals surface area contributed by atoms with Gasteiger partial charge in [0.1, 0.15) is 0 Å². The van der Waals surface area contributed by atoms with Crippen LogP contribution < -0.4 is 5.73 Å². The molecule has 2 N–H and O–H groups in total. The van der Waals surface area contributed by atoms with E-state index in [2.05, 4.69) is 34.5 Å². The SMILES string of the molecule is CCCc1cc(N)c2cc(I)cc(Cl)c2n1. The third-order valence-corrected chi connectivity index (χ3v) is 3.33. The van der Waals surface area contributed by atoms with Crippen LogP contribution in [0.3, 0.4) is 0 Å². The normalized spacial score (nSPS) is 10.9. The number of anilines is 1. The topological polar surface area (TPSA) is 38.9 Å². The first-order chi connectivity index (χ1) is 7.61. The maximum Gasteiger partial charge on any atom is 0.0912 e. The molecule has 0 saturated heterocycles. The summed E-state index contributed by atoms with van der Waals surface area (Å²) in [5.74, 6) is 0. The Morgan fingerprint density at radius 3 is 2.81 bits per heavy atom. The molecule has 0 spiro atoms. The van der Waals surface area contributed by atoms with Crippen LogP contribution in [0.25, 0.3) is 10.9 Å². The summed E-state index contributed by atoms with van der Waals surface area (Å²) in [6.45, 7) is 2.12. The maximum absolute atomic E-state index is 6.18. The van der Waals surface area contributed by atoms with Crippen molar-refractivity contribution in [2.24, 2.45) is 0 Å². The Bertz CT molecular complexity index is 540. The van der Waals surface area contributed by atoms with Crippen LogP contribution in [0.4, 0.5) is 5.69 Å². The van der Waals surface area contributed by atoms with E-state index < -0.39 is 0 Å². The molecule has 0 amide bonds. The summed E-state index contributed by atoms with van der Waals surface area (Å²) in [4.78, 5) is 4.55. The van der Waals surface area contributed by atoms with Gasteiger partial charge in [-0.2, -0.15) is 0 Å². The average Bonchev–Trinajstić information content (AvgIpc) is 2.20. The Kier molecular flexibility index (Phi) is 3.54. The summed E-state index contributed by atoms with van der Waals surface area (Å²) in [5, 5.41) is 1.61. The van der Waals surface area contributed by atoms with Crippen molar-refractivity contribution >= 4 is 50.8 Å². The molecule has 1 aromatic carbocycles. The lowest BCUT2D eigenvalue weighted by Crippen LogP contribution is -1.96. The zero-order chi connectivity index (χ0) is 11.7. The van der Waals surface area contributed by atoms with Gasteiger partial charge in [0.15, 0.2) is 0 Å². The van der Waals surface area contributed by atoms with Gasteiger partial charge < -0.3 is 5.73 Å². The molecule has 84 valence electrons. The van der Waals surface area contributed by atoms with Crippen molar-refractivity contribution in [3.63, 3.8) is 0 Å². The Balaban J connectivity index is 2.71. The highest BCUT2D eigenvalue weighted by molar-refractivity contribution is 14.1. The predicted octanol–water partition coefficient (Wildman–Crippen LogP) is 4.03. The number of benzene rings is 1. The quantitative estimate of drug-likeness (QED) is 0.834. The van der Waals surface area contributed by atoms with Gasteiger partial charge in [0.25, 0.3) is 0 Å². The van der Waals surface area contributed by atoms with Gasteiger partial charge in [0.2, 0.25) is 0 Å². The molecule has 0 saturated carbocycles. The maximum atomic E-state index is 6.18. The van der Waals surface area contributed by atoms with E-state index >= 15 is 0 Å². The molecule has 16 heavy (non-hydrogen) atoms. The fourth-order valence-electron chi connectivity index (χ4n) is 1.72. The Hall–Kier alpha value is -0.550. The molecule has 0 atom stereocenters. The van der Waals surface area contributed by atoms with E-state index in [1.807, 2.05) is 18.2 Å². The lowest BCUT2D eigenvalue weighted by atomic mass is 10.1. The third-order valence-electron chi connectivity index (χ3n) is 2.42. The summed E-state index contributed by atoms with van der Waals surface area (Å²) < 4.78 is 1.08. The van der Waals surface area contributed by atoms with Crippen LogP contribution in [0.1, 0.15) is 19.0 Å². The van der Waals surface area contributed by atoms with Gasteiger partial charge in [-0.05, 0) is 47.2 Å². The Morgan fingerprint density at radius 1 is 1.38 bits per heavy atom. The van der Waals surface area contributed by atoms with Crippen molar-refractivity contribution in [3.05, 3.63) is 32.5 Å². The highest BCUT2D eigenvalue weighted by atomic mass is 127. The predicted molar refractivity (Wildman–Crippen MR) is 77.9 cm³/mol. The zero-order valence-electron chi connectivity index (χ0n) is 8.93. The summed E-state index contributed by atoms with van der Waals surface area (Å²) in [6, 6.07) is 5.87. The van der Waals surface area contributed by atoms with Crippen molar-refractivity contribution in [1.29, 1.82) is 0 Å². The van der Waals surface area contributed by atoms with Gasteiger partial charge >= 0.3 is 0 Å². The molecule has 0 aliphatic rings. The van der Waals surface area contributed by atoms with Crippen LogP contribution in [-0.2, 0) is 6.42 Å². The number of pyridine rings is 1. The van der Waals surface area contributed by atoms with E-state index in [1.165, 1.54) is 0 Å². The minimum Gasteiger partial charge on any atom is -0.398 e. The van der Waals surface area contributed by atoms with E-state index in [9.17, 15) is 0 Å². The number of rotatable bonds is 2. The van der Waals surface area contributed by atoms with Gasteiger partial charge in [-0.3, -0.25) is 4.98 Å². The molecule has 0 aliphatic heterocycles. The first-order valence-electron chi connectivity index (χ1n) is 5.16. The van der Waals surface area contributed by atoms with Crippen molar-refractivity contribution in [2.75, 3.05) is 5.73 Å². The highest BCUT2D eigenvalue weighted by Crippen LogP contribution is 2.29. The average molecular weight is 347 g/mol. The molecule has 4 heteroatoms.